The quantitative estimate of drug-likeness (QED) is 0.577. The van der Waals surface area contributed by atoms with Crippen LogP contribution in [0.3, 0.4) is 0 Å². The largest absolute Gasteiger partial charge is 0.490 e. The SMILES string of the molecule is Cc1ccc(CN2CCn3cc(CNC(=O)c4cnn(C)c4)nc3C2)s1.O=C(O)C(F)(F)F. The Morgan fingerprint density at radius 3 is 2.55 bits per heavy atom. The zero-order valence-electron chi connectivity index (χ0n) is 18.0. The Bertz CT molecular complexity index is 1120. The van der Waals surface area contributed by atoms with Crippen LogP contribution in [0.15, 0.2) is 30.7 Å². The summed E-state index contributed by atoms with van der Waals surface area (Å²) in [5, 5.41) is 14.1. The number of amides is 1. The van der Waals surface area contributed by atoms with Gasteiger partial charge in [0, 0.05) is 48.8 Å². The number of carboxylic acid groups (broad SMARTS) is 1. The molecule has 3 aromatic heterocycles. The van der Waals surface area contributed by atoms with Crippen molar-refractivity contribution in [2.45, 2.75) is 39.3 Å². The first-order chi connectivity index (χ1) is 15.5. The molecule has 9 nitrogen and oxygen atoms in total. The second-order valence-corrected chi connectivity index (χ2v) is 8.83. The molecule has 1 aliphatic heterocycles. The van der Waals surface area contributed by atoms with Crippen LogP contribution in [0, 0.1) is 6.92 Å². The summed E-state index contributed by atoms with van der Waals surface area (Å²) >= 11 is 1.86. The molecule has 0 aliphatic carbocycles. The van der Waals surface area contributed by atoms with E-state index in [9.17, 15) is 18.0 Å². The maximum atomic E-state index is 12.1. The Hall–Kier alpha value is -3.19. The summed E-state index contributed by atoms with van der Waals surface area (Å²) in [7, 11) is 1.80. The van der Waals surface area contributed by atoms with Crippen LogP contribution in [0.2, 0.25) is 0 Å². The molecule has 0 unspecified atom stereocenters. The van der Waals surface area contributed by atoms with E-state index in [2.05, 4.69) is 38.9 Å². The highest BCUT2D eigenvalue weighted by Gasteiger charge is 2.38. The van der Waals surface area contributed by atoms with E-state index < -0.39 is 12.1 Å². The Labute approximate surface area is 191 Å². The van der Waals surface area contributed by atoms with Gasteiger partial charge in [0.15, 0.2) is 0 Å². The van der Waals surface area contributed by atoms with Crippen molar-refractivity contribution in [2.75, 3.05) is 6.54 Å². The van der Waals surface area contributed by atoms with Crippen LogP contribution in [0.4, 0.5) is 13.2 Å². The predicted molar refractivity (Wildman–Crippen MR) is 113 cm³/mol. The molecular formula is C20H23F3N6O3S. The van der Waals surface area contributed by atoms with Crippen LogP contribution in [0.25, 0.3) is 0 Å². The van der Waals surface area contributed by atoms with Gasteiger partial charge in [-0.25, -0.2) is 9.78 Å². The molecule has 0 spiro atoms. The number of imidazole rings is 1. The monoisotopic (exact) mass is 484 g/mol. The number of alkyl halides is 3. The fourth-order valence-corrected chi connectivity index (χ4v) is 4.12. The Balaban J connectivity index is 0.000000383. The molecule has 1 aliphatic rings. The van der Waals surface area contributed by atoms with E-state index in [1.807, 2.05) is 17.5 Å². The third-order valence-corrected chi connectivity index (χ3v) is 5.73. The van der Waals surface area contributed by atoms with Gasteiger partial charge in [0.1, 0.15) is 5.82 Å². The maximum Gasteiger partial charge on any atom is 0.490 e. The van der Waals surface area contributed by atoms with E-state index in [-0.39, 0.29) is 5.91 Å². The molecule has 0 aromatic carbocycles. The van der Waals surface area contributed by atoms with Gasteiger partial charge in [0.25, 0.3) is 5.91 Å². The van der Waals surface area contributed by atoms with E-state index in [4.69, 9.17) is 14.9 Å². The van der Waals surface area contributed by atoms with Crippen LogP contribution < -0.4 is 5.32 Å². The van der Waals surface area contributed by atoms with Crippen molar-refractivity contribution in [3.05, 3.63) is 57.6 Å². The lowest BCUT2D eigenvalue weighted by atomic mass is 10.3. The number of thiophene rings is 1. The number of nitrogens with zero attached hydrogens (tertiary/aromatic N) is 5. The minimum absolute atomic E-state index is 0.126. The minimum Gasteiger partial charge on any atom is -0.475 e. The number of hydrogen-bond donors (Lipinski definition) is 2. The molecular weight excluding hydrogens is 461 g/mol. The Morgan fingerprint density at radius 1 is 1.24 bits per heavy atom. The van der Waals surface area contributed by atoms with Gasteiger partial charge < -0.3 is 15.0 Å². The zero-order chi connectivity index (χ0) is 24.2. The highest BCUT2D eigenvalue weighted by Crippen LogP contribution is 2.20. The molecule has 4 heterocycles. The van der Waals surface area contributed by atoms with Crippen molar-refractivity contribution >= 4 is 23.2 Å². The van der Waals surface area contributed by atoms with Gasteiger partial charge in [-0.1, -0.05) is 0 Å². The van der Waals surface area contributed by atoms with E-state index in [0.29, 0.717) is 12.1 Å². The predicted octanol–water partition coefficient (Wildman–Crippen LogP) is 2.57. The third-order valence-electron chi connectivity index (χ3n) is 4.75. The normalized spacial score (nSPS) is 13.7. The fraction of sp³-hybridized carbons (Fsp3) is 0.400. The van der Waals surface area contributed by atoms with Crippen molar-refractivity contribution in [1.29, 1.82) is 0 Å². The topological polar surface area (TPSA) is 105 Å². The van der Waals surface area contributed by atoms with E-state index in [0.717, 1.165) is 37.7 Å². The molecule has 0 bridgehead atoms. The van der Waals surface area contributed by atoms with Gasteiger partial charge in [-0.2, -0.15) is 18.3 Å². The number of carbonyl (C=O) groups excluding carboxylic acids is 1. The zero-order valence-corrected chi connectivity index (χ0v) is 18.8. The first kappa shape index (κ1) is 24.5. The lowest BCUT2D eigenvalue weighted by molar-refractivity contribution is -0.192. The number of carbonyl (C=O) groups is 2. The fourth-order valence-electron chi connectivity index (χ4n) is 3.18. The van der Waals surface area contributed by atoms with Crippen LogP contribution in [0.1, 0.15) is 31.6 Å². The minimum atomic E-state index is -5.08. The van der Waals surface area contributed by atoms with Gasteiger partial charge in [0.2, 0.25) is 0 Å². The molecule has 0 fully saturated rings. The van der Waals surface area contributed by atoms with Gasteiger partial charge in [-0.3, -0.25) is 14.4 Å². The van der Waals surface area contributed by atoms with Crippen LogP contribution in [0.5, 0.6) is 0 Å². The summed E-state index contributed by atoms with van der Waals surface area (Å²) in [6.45, 7) is 6.33. The van der Waals surface area contributed by atoms with Gasteiger partial charge in [-0.15, -0.1) is 11.3 Å². The first-order valence-electron chi connectivity index (χ1n) is 9.91. The number of nitrogens with one attached hydrogen (secondary N) is 1. The number of fused-ring (bicyclic) bond motifs is 1. The second-order valence-electron chi connectivity index (χ2n) is 7.45. The number of carboxylic acids is 1. The summed E-state index contributed by atoms with van der Waals surface area (Å²) in [6.07, 6.45) is 0.237. The summed E-state index contributed by atoms with van der Waals surface area (Å²) in [5.74, 6) is -1.82. The molecule has 1 amide bonds. The van der Waals surface area contributed by atoms with Crippen LogP contribution in [-0.2, 0) is 38.0 Å². The van der Waals surface area contributed by atoms with Crippen molar-refractivity contribution < 1.29 is 27.9 Å². The summed E-state index contributed by atoms with van der Waals surface area (Å²) in [4.78, 5) is 30.9. The molecule has 0 saturated heterocycles. The average molecular weight is 485 g/mol. The summed E-state index contributed by atoms with van der Waals surface area (Å²) in [5.41, 5.74) is 1.46. The van der Waals surface area contributed by atoms with Crippen LogP contribution in [-0.4, -0.2) is 53.9 Å². The molecule has 13 heteroatoms. The summed E-state index contributed by atoms with van der Waals surface area (Å²) in [6, 6.07) is 4.38. The van der Waals surface area contributed by atoms with Crippen molar-refractivity contribution in [3.63, 3.8) is 0 Å². The van der Waals surface area contributed by atoms with Crippen LogP contribution >= 0.6 is 11.3 Å². The number of aliphatic carboxylic acids is 1. The van der Waals surface area contributed by atoms with E-state index >= 15 is 0 Å². The molecule has 178 valence electrons. The standard InChI is InChI=1S/C18H22N6OS.C2HF3O2/c1-13-3-4-16(26-13)11-23-5-6-24-10-15(21-17(24)12-23)8-19-18(25)14-7-20-22(2)9-14;3-2(4,5)1(6)7/h3-4,7,9-10H,5-6,8,11-12H2,1-2H3,(H,19,25);(H,6,7). The number of rotatable bonds is 5. The maximum absolute atomic E-state index is 12.1. The lowest BCUT2D eigenvalue weighted by Crippen LogP contribution is -2.32. The highest BCUT2D eigenvalue weighted by molar-refractivity contribution is 7.11. The smallest absolute Gasteiger partial charge is 0.475 e. The molecule has 4 rings (SSSR count). The second kappa shape index (κ2) is 10.2. The molecule has 0 saturated carbocycles. The number of halogens is 3. The number of hydrogen-bond acceptors (Lipinski definition) is 6. The van der Waals surface area contributed by atoms with E-state index in [1.165, 1.54) is 9.75 Å². The molecule has 3 aromatic rings. The Morgan fingerprint density at radius 2 is 1.97 bits per heavy atom. The molecule has 2 N–H and O–H groups in total. The Kier molecular flexibility index (Phi) is 7.53. The number of aromatic nitrogens is 4. The number of aryl methyl sites for hydroxylation is 2. The third kappa shape index (κ3) is 6.89. The lowest BCUT2D eigenvalue weighted by Gasteiger charge is -2.26. The highest BCUT2D eigenvalue weighted by atomic mass is 32.1. The van der Waals surface area contributed by atoms with Crippen molar-refractivity contribution in [3.8, 4) is 0 Å². The summed E-state index contributed by atoms with van der Waals surface area (Å²) < 4.78 is 35.6. The molecule has 0 atom stereocenters. The average Bonchev–Trinajstić information content (AvgIpc) is 3.45. The molecule has 0 radical (unpaired) electrons. The molecule has 33 heavy (non-hydrogen) atoms. The van der Waals surface area contributed by atoms with Crippen molar-refractivity contribution in [1.82, 2.24) is 29.5 Å². The van der Waals surface area contributed by atoms with Gasteiger partial charge >= 0.3 is 12.1 Å². The van der Waals surface area contributed by atoms with E-state index in [1.54, 1.807) is 24.1 Å². The van der Waals surface area contributed by atoms with Crippen molar-refractivity contribution in [2.24, 2.45) is 7.05 Å². The van der Waals surface area contributed by atoms with Gasteiger partial charge in [-0.05, 0) is 19.1 Å². The first-order valence-corrected chi connectivity index (χ1v) is 10.7. The van der Waals surface area contributed by atoms with Gasteiger partial charge in [0.05, 0.1) is 30.5 Å².